The molecule has 2 N–H and O–H groups in total. The third kappa shape index (κ3) is 1.64. The number of aliphatic imine (C=N–C) groups is 1. The maximum atomic E-state index is 5.81. The average molecular weight is 206 g/mol. The van der Waals surface area contributed by atoms with Gasteiger partial charge in [0.25, 0.3) is 0 Å². The van der Waals surface area contributed by atoms with Crippen LogP contribution in [0.15, 0.2) is 22.0 Å². The van der Waals surface area contributed by atoms with Gasteiger partial charge in [0.05, 0.1) is 5.69 Å². The number of aryl methyl sites for hydroxylation is 1. The van der Waals surface area contributed by atoms with Crippen LogP contribution in [0.25, 0.3) is 0 Å². The summed E-state index contributed by atoms with van der Waals surface area (Å²) < 4.78 is 0. The van der Waals surface area contributed by atoms with Crippen LogP contribution >= 0.6 is 11.8 Å². The number of nitrogens with two attached hydrogens (primary N) is 1. The minimum atomic E-state index is 0.755. The number of hydrogen-bond donors (Lipinski definition) is 1. The summed E-state index contributed by atoms with van der Waals surface area (Å²) in [5, 5.41) is 0. The topological polar surface area (TPSA) is 38.4 Å². The largest absolute Gasteiger partial charge is 0.387 e. The van der Waals surface area contributed by atoms with Crippen LogP contribution in [0.2, 0.25) is 0 Å². The fourth-order valence-corrected chi connectivity index (χ4v) is 2.53. The number of benzene rings is 1. The lowest BCUT2D eigenvalue weighted by Crippen LogP contribution is -2.10. The van der Waals surface area contributed by atoms with Crippen molar-refractivity contribution in [3.8, 4) is 0 Å². The fraction of sp³-hybridized carbons (Fsp3) is 0.364. The standard InChI is InChI=1S/C11H14N2S/c1-7-3-4-9-11(8(7)2)13-10(12)5-6-14-9/h3-4H,5-6H2,1-2H3,(H2,12,13). The van der Waals surface area contributed by atoms with Crippen molar-refractivity contribution < 1.29 is 0 Å². The van der Waals surface area contributed by atoms with E-state index < -0.39 is 0 Å². The van der Waals surface area contributed by atoms with Gasteiger partial charge >= 0.3 is 0 Å². The maximum Gasteiger partial charge on any atom is 0.100 e. The molecule has 14 heavy (non-hydrogen) atoms. The van der Waals surface area contributed by atoms with Crippen molar-refractivity contribution in [1.29, 1.82) is 0 Å². The van der Waals surface area contributed by atoms with Gasteiger partial charge in [0, 0.05) is 17.1 Å². The van der Waals surface area contributed by atoms with Crippen molar-refractivity contribution in [2.45, 2.75) is 25.2 Å². The molecule has 0 saturated carbocycles. The zero-order chi connectivity index (χ0) is 10.1. The predicted octanol–water partition coefficient (Wildman–Crippen LogP) is 2.79. The van der Waals surface area contributed by atoms with Crippen LogP contribution in [0, 0.1) is 13.8 Å². The number of amidine groups is 1. The lowest BCUT2D eigenvalue weighted by atomic mass is 10.1. The molecule has 1 aromatic carbocycles. The molecule has 3 heteroatoms. The maximum absolute atomic E-state index is 5.81. The smallest absolute Gasteiger partial charge is 0.100 e. The molecule has 0 unspecified atom stereocenters. The zero-order valence-corrected chi connectivity index (χ0v) is 9.32. The Kier molecular flexibility index (Phi) is 2.50. The minimum absolute atomic E-state index is 0.755. The van der Waals surface area contributed by atoms with E-state index >= 15 is 0 Å². The molecular weight excluding hydrogens is 192 g/mol. The van der Waals surface area contributed by atoms with Crippen LogP contribution < -0.4 is 5.73 Å². The van der Waals surface area contributed by atoms with E-state index in [1.165, 1.54) is 16.0 Å². The molecule has 0 aliphatic carbocycles. The number of nitrogens with zero attached hydrogens (tertiary/aromatic N) is 1. The zero-order valence-electron chi connectivity index (χ0n) is 8.50. The minimum Gasteiger partial charge on any atom is -0.387 e. The second-order valence-electron chi connectivity index (χ2n) is 3.56. The van der Waals surface area contributed by atoms with E-state index in [1.807, 2.05) is 11.8 Å². The van der Waals surface area contributed by atoms with Crippen molar-refractivity contribution in [1.82, 2.24) is 0 Å². The van der Waals surface area contributed by atoms with E-state index in [-0.39, 0.29) is 0 Å². The van der Waals surface area contributed by atoms with E-state index in [0.717, 1.165) is 23.7 Å². The van der Waals surface area contributed by atoms with Gasteiger partial charge in [-0.2, -0.15) is 0 Å². The van der Waals surface area contributed by atoms with Crippen molar-refractivity contribution in [3.05, 3.63) is 23.3 Å². The van der Waals surface area contributed by atoms with Gasteiger partial charge in [-0.15, -0.1) is 11.8 Å². The number of hydrogen-bond acceptors (Lipinski definition) is 3. The van der Waals surface area contributed by atoms with E-state index in [2.05, 4.69) is 31.0 Å². The van der Waals surface area contributed by atoms with Gasteiger partial charge in [0.1, 0.15) is 5.84 Å². The summed E-state index contributed by atoms with van der Waals surface area (Å²) in [5.41, 5.74) is 9.41. The van der Waals surface area contributed by atoms with E-state index in [0.29, 0.717) is 0 Å². The van der Waals surface area contributed by atoms with Crippen LogP contribution in [-0.4, -0.2) is 11.6 Å². The van der Waals surface area contributed by atoms with E-state index in [1.54, 1.807) is 0 Å². The Hall–Kier alpha value is -0.960. The van der Waals surface area contributed by atoms with Gasteiger partial charge in [0.15, 0.2) is 0 Å². The van der Waals surface area contributed by atoms with Gasteiger partial charge in [-0.1, -0.05) is 6.07 Å². The Morgan fingerprint density at radius 1 is 1.36 bits per heavy atom. The Labute approximate surface area is 88.6 Å². The summed E-state index contributed by atoms with van der Waals surface area (Å²) in [5.74, 6) is 1.79. The second-order valence-corrected chi connectivity index (χ2v) is 4.69. The molecule has 0 fully saturated rings. The summed E-state index contributed by atoms with van der Waals surface area (Å²) in [6.07, 6.45) is 0.887. The second kappa shape index (κ2) is 3.65. The van der Waals surface area contributed by atoms with Gasteiger partial charge < -0.3 is 5.73 Å². The lowest BCUT2D eigenvalue weighted by molar-refractivity contribution is 1.23. The molecule has 0 atom stereocenters. The Morgan fingerprint density at radius 2 is 2.14 bits per heavy atom. The van der Waals surface area contributed by atoms with Crippen LogP contribution in [0.3, 0.4) is 0 Å². The highest BCUT2D eigenvalue weighted by Gasteiger charge is 2.11. The monoisotopic (exact) mass is 206 g/mol. The Morgan fingerprint density at radius 3 is 2.93 bits per heavy atom. The molecule has 0 saturated heterocycles. The summed E-state index contributed by atoms with van der Waals surface area (Å²) in [6, 6.07) is 4.29. The normalized spacial score (nSPS) is 15.7. The third-order valence-corrected chi connectivity index (χ3v) is 3.58. The molecule has 1 heterocycles. The van der Waals surface area contributed by atoms with E-state index in [4.69, 9.17) is 5.73 Å². The SMILES string of the molecule is Cc1ccc2c(c1C)N=C(N)CCS2. The molecule has 0 bridgehead atoms. The van der Waals surface area contributed by atoms with Crippen molar-refractivity contribution in [2.24, 2.45) is 10.7 Å². The molecule has 2 nitrogen and oxygen atoms in total. The van der Waals surface area contributed by atoms with Crippen molar-refractivity contribution >= 4 is 23.3 Å². The van der Waals surface area contributed by atoms with Gasteiger partial charge in [-0.05, 0) is 31.0 Å². The molecule has 1 aliphatic heterocycles. The molecule has 74 valence electrons. The fourth-order valence-electron chi connectivity index (χ4n) is 1.50. The first-order valence-corrected chi connectivity index (χ1v) is 5.73. The summed E-state index contributed by atoms with van der Waals surface area (Å²) in [4.78, 5) is 5.73. The highest BCUT2D eigenvalue weighted by molar-refractivity contribution is 7.99. The molecule has 0 spiro atoms. The van der Waals surface area contributed by atoms with Gasteiger partial charge in [0.2, 0.25) is 0 Å². The summed E-state index contributed by atoms with van der Waals surface area (Å²) in [7, 11) is 0. The predicted molar refractivity (Wildman–Crippen MR) is 62.5 cm³/mol. The molecule has 1 aliphatic rings. The highest BCUT2D eigenvalue weighted by Crippen LogP contribution is 2.36. The van der Waals surface area contributed by atoms with Crippen LogP contribution in [-0.2, 0) is 0 Å². The average Bonchev–Trinajstić information content (AvgIpc) is 2.34. The van der Waals surface area contributed by atoms with Crippen LogP contribution in [0.4, 0.5) is 5.69 Å². The third-order valence-electron chi connectivity index (χ3n) is 2.54. The molecule has 0 aromatic heterocycles. The van der Waals surface area contributed by atoms with Crippen LogP contribution in [0.1, 0.15) is 17.5 Å². The molecule has 2 rings (SSSR count). The molecular formula is C11H14N2S. The van der Waals surface area contributed by atoms with E-state index in [9.17, 15) is 0 Å². The van der Waals surface area contributed by atoms with Gasteiger partial charge in [-0.25, -0.2) is 4.99 Å². The lowest BCUT2D eigenvalue weighted by Gasteiger charge is -2.08. The van der Waals surface area contributed by atoms with Crippen molar-refractivity contribution in [2.75, 3.05) is 5.75 Å². The first-order valence-electron chi connectivity index (χ1n) is 4.74. The highest BCUT2D eigenvalue weighted by atomic mass is 32.2. The summed E-state index contributed by atoms with van der Waals surface area (Å²) in [6.45, 7) is 4.22. The molecule has 0 amide bonds. The number of thioether (sulfide) groups is 1. The number of rotatable bonds is 0. The quantitative estimate of drug-likeness (QED) is 0.709. The number of fused-ring (bicyclic) bond motifs is 1. The Balaban J connectivity index is 2.60. The Bertz CT molecular complexity index is 397. The summed E-state index contributed by atoms with van der Waals surface area (Å²) >= 11 is 1.84. The van der Waals surface area contributed by atoms with Crippen molar-refractivity contribution in [3.63, 3.8) is 0 Å². The molecule has 1 aromatic rings. The first kappa shape index (κ1) is 9.59. The first-order chi connectivity index (χ1) is 6.68. The van der Waals surface area contributed by atoms with Crippen LogP contribution in [0.5, 0.6) is 0 Å². The van der Waals surface area contributed by atoms with Gasteiger partial charge in [-0.3, -0.25) is 0 Å². The molecule has 0 radical (unpaired) electrons.